The molecule has 0 aromatic heterocycles. The number of aliphatic hydroxyl groups is 2. The summed E-state index contributed by atoms with van der Waals surface area (Å²) in [6.45, 7) is 9.75. The monoisotopic (exact) mass is 768 g/mol. The second-order valence-corrected chi connectivity index (χ2v) is 17.5. The Balaban J connectivity index is 0.00000207. The molecule has 1 aromatic rings. The van der Waals surface area contributed by atoms with Gasteiger partial charge in [0.05, 0.1) is 24.5 Å². The standard InChI is InChI=1S/C39H81NO2.C7H8O3S/c1-3-5-7-9-11-13-15-17-19-21-23-25-27-29-31-33-36-40(38-35-39(41)42)37-34-32-30-28-26-24-22-20-18-16-14-12-10-8-6-4-2;1-6-2-4-7(5-3-6)11(8,9)10/h39,41-42H,3-38H2,1-2H3;2-5H,1H3,(H,8,9,10). The zero-order chi connectivity index (χ0) is 39.1. The van der Waals surface area contributed by atoms with Gasteiger partial charge < -0.3 is 19.7 Å². The van der Waals surface area contributed by atoms with Gasteiger partial charge in [-0.3, -0.25) is 0 Å². The molecule has 0 spiro atoms. The van der Waals surface area contributed by atoms with Crippen molar-refractivity contribution >= 4 is 10.1 Å². The number of aryl methyl sites for hydroxylation is 1. The Morgan fingerprint density at radius 1 is 0.472 bits per heavy atom. The summed E-state index contributed by atoms with van der Waals surface area (Å²) >= 11 is 0. The van der Waals surface area contributed by atoms with E-state index >= 15 is 0 Å². The first kappa shape index (κ1) is 52.0. The van der Waals surface area contributed by atoms with Crippen LogP contribution in [0.2, 0.25) is 0 Å². The van der Waals surface area contributed by atoms with Crippen molar-refractivity contribution in [2.24, 2.45) is 0 Å². The van der Waals surface area contributed by atoms with Crippen molar-refractivity contribution in [3.63, 3.8) is 0 Å². The molecule has 3 N–H and O–H groups in total. The minimum atomic E-state index is -4.27. The maximum atomic E-state index is 10.4. The van der Waals surface area contributed by atoms with Crippen LogP contribution in [-0.4, -0.2) is 49.1 Å². The van der Waals surface area contributed by atoms with Crippen LogP contribution < -0.4 is 4.90 Å². The second-order valence-electron chi connectivity index (χ2n) is 16.1. The Morgan fingerprint density at radius 3 is 0.981 bits per heavy atom. The predicted molar refractivity (Wildman–Crippen MR) is 227 cm³/mol. The lowest BCUT2D eigenvalue weighted by Gasteiger charge is -2.20. The summed E-state index contributed by atoms with van der Waals surface area (Å²) in [4.78, 5) is 1.42. The highest BCUT2D eigenvalue weighted by Crippen LogP contribution is 2.15. The van der Waals surface area contributed by atoms with Gasteiger partial charge >= 0.3 is 0 Å². The molecule has 0 bridgehead atoms. The number of quaternary nitrogens is 1. The number of unbranched alkanes of at least 4 members (excludes halogenated alkanes) is 30. The molecular weight excluding hydrogens is 679 g/mol. The number of benzene rings is 1. The topological polar surface area (TPSA) is 102 Å². The van der Waals surface area contributed by atoms with Crippen LogP contribution in [0.25, 0.3) is 0 Å². The molecule has 6 nitrogen and oxygen atoms in total. The van der Waals surface area contributed by atoms with Gasteiger partial charge in [0.2, 0.25) is 0 Å². The predicted octanol–water partition coefficient (Wildman–Crippen LogP) is 12.0. The summed E-state index contributed by atoms with van der Waals surface area (Å²) in [6, 6.07) is 5.78. The third kappa shape index (κ3) is 39.1. The summed E-state index contributed by atoms with van der Waals surface area (Å²) < 4.78 is 31.2. The van der Waals surface area contributed by atoms with Crippen molar-refractivity contribution in [2.45, 2.75) is 244 Å². The van der Waals surface area contributed by atoms with Crippen LogP contribution in [0, 0.1) is 6.92 Å². The van der Waals surface area contributed by atoms with Gasteiger partial charge in [0.25, 0.3) is 0 Å². The maximum absolute atomic E-state index is 10.4. The Bertz CT molecular complexity index is 933. The summed E-state index contributed by atoms with van der Waals surface area (Å²) in [7, 11) is -4.27. The molecule has 0 saturated heterocycles. The van der Waals surface area contributed by atoms with E-state index in [9.17, 15) is 23.2 Å². The van der Waals surface area contributed by atoms with Crippen molar-refractivity contribution < 1.29 is 28.1 Å². The molecule has 0 saturated carbocycles. The fourth-order valence-electron chi connectivity index (χ4n) is 7.26. The van der Waals surface area contributed by atoms with Crippen molar-refractivity contribution in [3.05, 3.63) is 29.8 Å². The van der Waals surface area contributed by atoms with Crippen LogP contribution >= 0.6 is 0 Å². The molecule has 314 valence electrons. The van der Waals surface area contributed by atoms with E-state index in [1.54, 1.807) is 17.0 Å². The van der Waals surface area contributed by atoms with Gasteiger partial charge in [-0.1, -0.05) is 211 Å². The van der Waals surface area contributed by atoms with Crippen molar-refractivity contribution in [1.82, 2.24) is 0 Å². The highest BCUT2D eigenvalue weighted by Gasteiger charge is 2.10. The molecule has 0 unspecified atom stereocenters. The van der Waals surface area contributed by atoms with Crippen LogP contribution in [0.5, 0.6) is 0 Å². The van der Waals surface area contributed by atoms with Gasteiger partial charge in [-0.2, -0.15) is 0 Å². The summed E-state index contributed by atoms with van der Waals surface area (Å²) in [5.41, 5.74) is 0.928. The van der Waals surface area contributed by atoms with Gasteiger partial charge in [0, 0.05) is 6.42 Å². The average Bonchev–Trinajstić information content (AvgIpc) is 3.13. The van der Waals surface area contributed by atoms with Crippen LogP contribution in [-0.2, 0) is 10.1 Å². The molecule has 0 aliphatic rings. The highest BCUT2D eigenvalue weighted by molar-refractivity contribution is 7.85. The first-order chi connectivity index (χ1) is 25.7. The van der Waals surface area contributed by atoms with Gasteiger partial charge in [-0.15, -0.1) is 0 Å². The van der Waals surface area contributed by atoms with Gasteiger partial charge in [-0.25, -0.2) is 8.42 Å². The van der Waals surface area contributed by atoms with Gasteiger partial charge in [-0.05, 0) is 44.7 Å². The summed E-state index contributed by atoms with van der Waals surface area (Å²) in [5.74, 6) is 0. The van der Waals surface area contributed by atoms with Crippen LogP contribution in [0.15, 0.2) is 29.2 Å². The lowest BCUT2D eigenvalue weighted by atomic mass is 10.0. The highest BCUT2D eigenvalue weighted by atomic mass is 32.2. The SMILES string of the molecule is CCCCCCCCCCCCCCCCCC[NH+](CCCCCCCCCCCCCCCCCC)CCC(O)O.Cc1ccc(S(=O)(=O)[O-])cc1. The minimum Gasteiger partial charge on any atom is -0.744 e. The average molecular weight is 768 g/mol. The number of hydrogen-bond acceptors (Lipinski definition) is 5. The molecule has 0 aliphatic carbocycles. The van der Waals surface area contributed by atoms with Crippen molar-refractivity contribution in [1.29, 1.82) is 0 Å². The zero-order valence-electron chi connectivity index (χ0n) is 35.4. The normalized spacial score (nSPS) is 11.8. The molecule has 53 heavy (non-hydrogen) atoms. The molecule has 0 heterocycles. The fourth-order valence-corrected chi connectivity index (χ4v) is 7.73. The Hall–Kier alpha value is -0.990. The summed E-state index contributed by atoms with van der Waals surface area (Å²) in [5, 5.41) is 18.7. The number of aliphatic hydroxyl groups excluding tert-OH is 1. The molecule has 1 aromatic carbocycles. The minimum absolute atomic E-state index is 0.178. The van der Waals surface area contributed by atoms with Gasteiger partial charge in [0.15, 0.2) is 6.29 Å². The Morgan fingerprint density at radius 2 is 0.736 bits per heavy atom. The first-order valence-corrected chi connectivity index (χ1v) is 24.3. The number of hydrogen-bond donors (Lipinski definition) is 3. The molecule has 0 radical (unpaired) electrons. The van der Waals surface area contributed by atoms with E-state index < -0.39 is 16.4 Å². The van der Waals surface area contributed by atoms with Gasteiger partial charge in [0.1, 0.15) is 10.1 Å². The van der Waals surface area contributed by atoms with Crippen molar-refractivity contribution in [3.8, 4) is 0 Å². The van der Waals surface area contributed by atoms with Crippen LogP contribution in [0.1, 0.15) is 231 Å². The van der Waals surface area contributed by atoms with E-state index in [4.69, 9.17) is 0 Å². The molecule has 0 fully saturated rings. The quantitative estimate of drug-likeness (QED) is 0.0353. The lowest BCUT2D eigenvalue weighted by molar-refractivity contribution is -0.901. The van der Waals surface area contributed by atoms with Crippen LogP contribution in [0.4, 0.5) is 0 Å². The molecule has 0 aliphatic heterocycles. The zero-order valence-corrected chi connectivity index (χ0v) is 36.2. The molecular formula is C46H89NO5S. The van der Waals surface area contributed by atoms with E-state index in [2.05, 4.69) is 13.8 Å². The molecule has 1 rings (SSSR count). The third-order valence-electron chi connectivity index (χ3n) is 10.8. The molecule has 0 amide bonds. The molecule has 0 atom stereocenters. The maximum Gasteiger partial charge on any atom is 0.156 e. The van der Waals surface area contributed by atoms with E-state index in [0.29, 0.717) is 6.42 Å². The first-order valence-electron chi connectivity index (χ1n) is 22.9. The van der Waals surface area contributed by atoms with E-state index in [1.165, 1.54) is 231 Å². The number of nitrogens with one attached hydrogen (secondary N) is 1. The Labute approximate surface area is 330 Å². The fraction of sp³-hybridized carbons (Fsp3) is 0.870. The van der Waals surface area contributed by atoms with E-state index in [-0.39, 0.29) is 4.90 Å². The van der Waals surface area contributed by atoms with E-state index in [1.807, 2.05) is 6.92 Å². The largest absolute Gasteiger partial charge is 0.744 e. The van der Waals surface area contributed by atoms with Crippen LogP contribution in [0.3, 0.4) is 0 Å². The third-order valence-corrected chi connectivity index (χ3v) is 11.7. The smallest absolute Gasteiger partial charge is 0.156 e. The van der Waals surface area contributed by atoms with E-state index in [0.717, 1.165) is 12.1 Å². The Kier molecular flexibility index (Phi) is 38.5. The second kappa shape index (κ2) is 39.3. The summed E-state index contributed by atoms with van der Waals surface area (Å²) in [6.07, 6.45) is 44.7. The lowest BCUT2D eigenvalue weighted by Crippen LogP contribution is -3.12. The molecule has 7 heteroatoms. The number of rotatable bonds is 38. The van der Waals surface area contributed by atoms with Crippen molar-refractivity contribution in [2.75, 3.05) is 19.6 Å².